The van der Waals surface area contributed by atoms with E-state index in [1.165, 1.54) is 211 Å². The number of hydrogen-bond acceptors (Lipinski definition) is 2. The molecule has 260 valence electrons. The lowest BCUT2D eigenvalue weighted by Crippen LogP contribution is -2.39. The predicted molar refractivity (Wildman–Crippen MR) is 203 cm³/mol. The van der Waals surface area contributed by atoms with E-state index >= 15 is 0 Å². The molecule has 0 amide bonds. The molecule has 1 aliphatic heterocycles. The van der Waals surface area contributed by atoms with E-state index in [1.807, 2.05) is 0 Å². The van der Waals surface area contributed by atoms with Crippen LogP contribution >= 0.6 is 0 Å². The fraction of sp³-hybridized carbons (Fsp3) is 0.814. The zero-order valence-corrected chi connectivity index (χ0v) is 30.6. The van der Waals surface area contributed by atoms with E-state index in [4.69, 9.17) is 0 Å². The lowest BCUT2D eigenvalue weighted by atomic mass is 10.0. The van der Waals surface area contributed by atoms with Crippen molar-refractivity contribution in [3.63, 3.8) is 0 Å². The van der Waals surface area contributed by atoms with Crippen molar-refractivity contribution in [2.24, 2.45) is 0 Å². The summed E-state index contributed by atoms with van der Waals surface area (Å²) in [6.07, 6.45) is 49.6. The van der Waals surface area contributed by atoms with Gasteiger partial charge in [0, 0.05) is 24.6 Å². The second kappa shape index (κ2) is 29.9. The molecule has 0 saturated heterocycles. The summed E-state index contributed by atoms with van der Waals surface area (Å²) >= 11 is 0. The number of hydrogen-bond donors (Lipinski definition) is 0. The first-order valence-corrected chi connectivity index (χ1v) is 20.6. The van der Waals surface area contributed by atoms with Gasteiger partial charge >= 0.3 is 0 Å². The molecule has 0 saturated carbocycles. The molecule has 2 heteroatoms. The molecule has 0 radical (unpaired) electrons. The Morgan fingerprint density at radius 2 is 0.756 bits per heavy atom. The molecule has 1 heterocycles. The van der Waals surface area contributed by atoms with Crippen molar-refractivity contribution >= 4 is 5.69 Å². The van der Waals surface area contributed by atoms with Crippen LogP contribution in [0.5, 0.6) is 0 Å². The molecule has 2 nitrogen and oxygen atoms in total. The first-order chi connectivity index (χ1) is 22.4. The van der Waals surface area contributed by atoms with Crippen LogP contribution in [0.4, 0.5) is 5.69 Å². The lowest BCUT2D eigenvalue weighted by Gasteiger charge is -2.33. The topological polar surface area (TPSA) is 6.48 Å². The van der Waals surface area contributed by atoms with E-state index in [-0.39, 0.29) is 0 Å². The molecular formula is C43H78N2. The van der Waals surface area contributed by atoms with Gasteiger partial charge in [0.25, 0.3) is 0 Å². The highest BCUT2D eigenvalue weighted by molar-refractivity contribution is 5.51. The minimum Gasteiger partial charge on any atom is -0.356 e. The number of anilines is 1. The van der Waals surface area contributed by atoms with E-state index in [9.17, 15) is 0 Å². The average Bonchev–Trinajstić information content (AvgIpc) is 3.47. The van der Waals surface area contributed by atoms with E-state index in [0.29, 0.717) is 6.17 Å². The van der Waals surface area contributed by atoms with Gasteiger partial charge in [-0.25, -0.2) is 0 Å². The van der Waals surface area contributed by atoms with Crippen molar-refractivity contribution in [2.45, 2.75) is 219 Å². The number of benzene rings is 1. The Bertz CT molecular complexity index is 758. The van der Waals surface area contributed by atoms with Crippen LogP contribution in [0.1, 0.15) is 213 Å². The van der Waals surface area contributed by atoms with E-state index in [1.54, 1.807) is 0 Å². The van der Waals surface area contributed by atoms with E-state index in [0.717, 1.165) is 0 Å². The Labute approximate surface area is 283 Å². The molecular weight excluding hydrogens is 544 g/mol. The number of nitrogens with zero attached hydrogens (tertiary/aromatic N) is 2. The third-order valence-electron chi connectivity index (χ3n) is 10.3. The first kappa shape index (κ1) is 39.7. The molecule has 0 aliphatic carbocycles. The van der Waals surface area contributed by atoms with Gasteiger partial charge < -0.3 is 9.80 Å². The fourth-order valence-corrected chi connectivity index (χ4v) is 7.27. The highest BCUT2D eigenvalue weighted by Gasteiger charge is 2.26. The summed E-state index contributed by atoms with van der Waals surface area (Å²) in [6, 6.07) is 11.1. The smallest absolute Gasteiger partial charge is 0.105 e. The highest BCUT2D eigenvalue weighted by atomic mass is 15.4. The summed E-state index contributed by atoms with van der Waals surface area (Å²) in [4.78, 5) is 5.19. The van der Waals surface area contributed by atoms with Crippen molar-refractivity contribution < 1.29 is 0 Å². The largest absolute Gasteiger partial charge is 0.356 e. The summed E-state index contributed by atoms with van der Waals surface area (Å²) in [7, 11) is 0. The zero-order valence-electron chi connectivity index (χ0n) is 30.6. The maximum Gasteiger partial charge on any atom is 0.105 e. The number of para-hydroxylation sites is 1. The van der Waals surface area contributed by atoms with Crippen molar-refractivity contribution in [1.29, 1.82) is 0 Å². The predicted octanol–water partition coefficient (Wildman–Crippen LogP) is 14.7. The maximum atomic E-state index is 2.65. The third-order valence-corrected chi connectivity index (χ3v) is 10.3. The van der Waals surface area contributed by atoms with Crippen molar-refractivity contribution in [3.05, 3.63) is 42.7 Å². The SMILES string of the molecule is CCCCCCCCCCCCCCCCCCCC1N(CCCCCCCCCCCCCCC)C=CN1c1ccccc1. The minimum atomic E-state index is 0.501. The standard InChI is InChI=1S/C43H78N2/c1-3-5-7-9-11-13-15-17-18-19-20-21-23-25-27-29-34-38-43-44(40-41-45(43)42-36-32-31-33-37-42)39-35-30-28-26-24-22-16-14-12-10-8-6-4-2/h31-33,36-37,40-41,43H,3-30,34-35,38-39H2,1-2H3. The van der Waals surface area contributed by atoms with Gasteiger partial charge in [0.1, 0.15) is 6.17 Å². The van der Waals surface area contributed by atoms with Gasteiger partial charge in [-0.15, -0.1) is 0 Å². The van der Waals surface area contributed by atoms with Crippen molar-refractivity contribution in [3.8, 4) is 0 Å². The monoisotopic (exact) mass is 623 g/mol. The summed E-state index contributed by atoms with van der Waals surface area (Å²) < 4.78 is 0. The van der Waals surface area contributed by atoms with Crippen LogP contribution in [-0.2, 0) is 0 Å². The Balaban J connectivity index is 1.49. The average molecular weight is 623 g/mol. The van der Waals surface area contributed by atoms with Crippen LogP contribution < -0.4 is 4.90 Å². The molecule has 0 N–H and O–H groups in total. The van der Waals surface area contributed by atoms with Crippen LogP contribution in [0, 0.1) is 0 Å². The summed E-state index contributed by atoms with van der Waals surface area (Å²) in [5.74, 6) is 0. The molecule has 0 fully saturated rings. The van der Waals surface area contributed by atoms with Crippen LogP contribution in [0.2, 0.25) is 0 Å². The van der Waals surface area contributed by atoms with Crippen LogP contribution in [0.15, 0.2) is 42.7 Å². The van der Waals surface area contributed by atoms with Crippen molar-refractivity contribution in [1.82, 2.24) is 4.90 Å². The Morgan fingerprint density at radius 1 is 0.400 bits per heavy atom. The van der Waals surface area contributed by atoms with Gasteiger partial charge in [-0.3, -0.25) is 0 Å². The fourth-order valence-electron chi connectivity index (χ4n) is 7.27. The maximum absolute atomic E-state index is 2.65. The summed E-state index contributed by atoms with van der Waals surface area (Å²) in [5.41, 5.74) is 1.35. The van der Waals surface area contributed by atoms with Crippen LogP contribution in [0.3, 0.4) is 0 Å². The molecule has 0 bridgehead atoms. The minimum absolute atomic E-state index is 0.501. The Kier molecular flexibility index (Phi) is 26.4. The van der Waals surface area contributed by atoms with Gasteiger partial charge in [-0.2, -0.15) is 0 Å². The molecule has 1 aromatic carbocycles. The molecule has 1 aliphatic rings. The Morgan fingerprint density at radius 3 is 1.16 bits per heavy atom. The molecule has 1 atom stereocenters. The molecule has 45 heavy (non-hydrogen) atoms. The Hall–Kier alpha value is -1.44. The van der Waals surface area contributed by atoms with Gasteiger partial charge in [0.15, 0.2) is 0 Å². The van der Waals surface area contributed by atoms with Crippen LogP contribution in [-0.4, -0.2) is 17.6 Å². The second-order valence-electron chi connectivity index (χ2n) is 14.4. The van der Waals surface area contributed by atoms with Crippen molar-refractivity contribution in [2.75, 3.05) is 11.4 Å². The molecule has 0 aromatic heterocycles. The van der Waals surface area contributed by atoms with Crippen LogP contribution in [0.25, 0.3) is 0 Å². The van der Waals surface area contributed by atoms with Gasteiger partial charge in [-0.05, 0) is 31.4 Å². The zero-order chi connectivity index (χ0) is 31.9. The normalized spacial score (nSPS) is 14.7. The molecule has 1 unspecified atom stereocenters. The third kappa shape index (κ3) is 21.1. The number of rotatable bonds is 33. The molecule has 1 aromatic rings. The van der Waals surface area contributed by atoms with Gasteiger partial charge in [0.05, 0.1) is 0 Å². The van der Waals surface area contributed by atoms with E-state index in [2.05, 4.69) is 66.4 Å². The molecule has 0 spiro atoms. The first-order valence-electron chi connectivity index (χ1n) is 20.6. The van der Waals surface area contributed by atoms with Gasteiger partial charge in [-0.1, -0.05) is 212 Å². The molecule has 2 rings (SSSR count). The van der Waals surface area contributed by atoms with Gasteiger partial charge in [0.2, 0.25) is 0 Å². The lowest BCUT2D eigenvalue weighted by molar-refractivity contribution is 0.273. The summed E-state index contributed by atoms with van der Waals surface area (Å²) in [5, 5.41) is 0. The highest BCUT2D eigenvalue weighted by Crippen LogP contribution is 2.28. The second-order valence-corrected chi connectivity index (χ2v) is 14.4. The number of unbranched alkanes of at least 4 members (excludes halogenated alkanes) is 28. The van der Waals surface area contributed by atoms with E-state index < -0.39 is 0 Å². The summed E-state index contributed by atoms with van der Waals surface area (Å²) in [6.45, 7) is 5.83. The quantitative estimate of drug-likeness (QED) is 0.0720.